The smallest absolute Gasteiger partial charge is 0.274 e. The van der Waals surface area contributed by atoms with Crippen LogP contribution in [0.5, 0.6) is 0 Å². The Morgan fingerprint density at radius 1 is 1.28 bits per heavy atom. The van der Waals surface area contributed by atoms with Crippen molar-refractivity contribution < 1.29 is 9.69 Å². The second-order valence-corrected chi connectivity index (χ2v) is 10.3. The van der Waals surface area contributed by atoms with Gasteiger partial charge in [-0.15, -0.1) is 11.3 Å². The molecule has 1 N–H and O–H groups in total. The SMILES string of the molecule is Cc1nc(C(=O)N2CCCC[C@H]2CC2=C[NH+]3CN(Cl)C=C(Cl)C3=N2)c(-c2ccccc2)s1. The first-order valence-electron chi connectivity index (χ1n) is 10.8. The molecule has 1 amide bonds. The highest BCUT2D eigenvalue weighted by molar-refractivity contribution is 7.15. The van der Waals surface area contributed by atoms with Crippen LogP contribution in [0.3, 0.4) is 0 Å². The molecule has 5 rings (SSSR count). The molecule has 1 fully saturated rings. The molecule has 1 saturated heterocycles. The maximum absolute atomic E-state index is 13.7. The Labute approximate surface area is 201 Å². The number of benzene rings is 1. The number of hydrogen-bond donors (Lipinski definition) is 1. The van der Waals surface area contributed by atoms with E-state index in [1.54, 1.807) is 22.0 Å². The Morgan fingerprint density at radius 3 is 2.91 bits per heavy atom. The average Bonchev–Trinajstić information content (AvgIpc) is 3.37. The fourth-order valence-corrected chi connectivity index (χ4v) is 6.03. The zero-order chi connectivity index (χ0) is 22.2. The molecular formula is C23H24Cl2N5OS+. The summed E-state index contributed by atoms with van der Waals surface area (Å²) in [5.41, 5.74) is 2.55. The zero-order valence-corrected chi connectivity index (χ0v) is 20.1. The van der Waals surface area contributed by atoms with Crippen molar-refractivity contribution in [3.05, 3.63) is 64.2 Å². The third kappa shape index (κ3) is 4.22. The Balaban J connectivity index is 1.39. The number of fused-ring (bicyclic) bond motifs is 1. The van der Waals surface area contributed by atoms with E-state index in [1.165, 1.54) is 0 Å². The number of amides is 1. The van der Waals surface area contributed by atoms with Gasteiger partial charge in [0.05, 0.1) is 9.88 Å². The number of nitrogens with zero attached hydrogens (tertiary/aromatic N) is 4. The third-order valence-electron chi connectivity index (χ3n) is 6.01. The monoisotopic (exact) mass is 488 g/mol. The van der Waals surface area contributed by atoms with E-state index >= 15 is 0 Å². The van der Waals surface area contributed by atoms with E-state index in [0.29, 0.717) is 23.8 Å². The highest BCUT2D eigenvalue weighted by Gasteiger charge is 2.35. The molecule has 0 radical (unpaired) electrons. The van der Waals surface area contributed by atoms with Crippen molar-refractivity contribution in [2.75, 3.05) is 13.2 Å². The first kappa shape index (κ1) is 21.6. The molecule has 1 aromatic heterocycles. The minimum Gasteiger partial charge on any atom is -0.334 e. The van der Waals surface area contributed by atoms with Crippen LogP contribution in [0.4, 0.5) is 0 Å². The summed E-state index contributed by atoms with van der Waals surface area (Å²) < 4.78 is 1.54. The lowest BCUT2D eigenvalue weighted by Gasteiger charge is -2.35. The number of hydrogen-bond acceptors (Lipinski definition) is 5. The number of thiazole rings is 1. The van der Waals surface area contributed by atoms with Crippen molar-refractivity contribution in [2.45, 2.75) is 38.6 Å². The molecule has 0 saturated carbocycles. The van der Waals surface area contributed by atoms with Crippen LogP contribution < -0.4 is 4.90 Å². The fourth-order valence-electron chi connectivity index (χ4n) is 4.56. The molecule has 3 aliphatic heterocycles. The number of carbonyl (C=O) groups excluding carboxylic acids is 1. The van der Waals surface area contributed by atoms with Gasteiger partial charge in [-0.05, 0) is 31.7 Å². The van der Waals surface area contributed by atoms with E-state index in [9.17, 15) is 4.79 Å². The molecule has 166 valence electrons. The summed E-state index contributed by atoms with van der Waals surface area (Å²) in [4.78, 5) is 27.1. The summed E-state index contributed by atoms with van der Waals surface area (Å²) in [5.74, 6) is 0.813. The molecule has 0 aliphatic carbocycles. The third-order valence-corrected chi connectivity index (χ3v) is 7.52. The van der Waals surface area contributed by atoms with Gasteiger partial charge in [0.15, 0.2) is 6.67 Å². The molecule has 2 atom stereocenters. The van der Waals surface area contributed by atoms with E-state index in [1.807, 2.05) is 42.2 Å². The minimum atomic E-state index is 0.0130. The first-order valence-corrected chi connectivity index (χ1v) is 12.3. The van der Waals surface area contributed by atoms with E-state index in [2.05, 4.69) is 11.2 Å². The van der Waals surface area contributed by atoms with Crippen LogP contribution in [0, 0.1) is 6.92 Å². The topological polar surface area (TPSA) is 53.2 Å². The number of halogens is 2. The largest absolute Gasteiger partial charge is 0.334 e. The number of likely N-dealkylation sites (tertiary alicyclic amines) is 1. The van der Waals surface area contributed by atoms with Crippen molar-refractivity contribution in [1.82, 2.24) is 14.3 Å². The summed E-state index contributed by atoms with van der Waals surface area (Å²) in [5, 5.41) is 1.45. The van der Waals surface area contributed by atoms with Crippen molar-refractivity contribution >= 4 is 46.5 Å². The molecule has 2 aromatic rings. The van der Waals surface area contributed by atoms with Gasteiger partial charge >= 0.3 is 0 Å². The van der Waals surface area contributed by atoms with E-state index < -0.39 is 0 Å². The quantitative estimate of drug-likeness (QED) is 0.657. The summed E-state index contributed by atoms with van der Waals surface area (Å²) in [7, 11) is 0. The van der Waals surface area contributed by atoms with Gasteiger partial charge < -0.3 is 4.90 Å². The number of piperidine rings is 1. The highest BCUT2D eigenvalue weighted by atomic mass is 35.5. The van der Waals surface area contributed by atoms with Gasteiger partial charge in [-0.25, -0.2) is 14.3 Å². The van der Waals surface area contributed by atoms with Crippen LogP contribution in [0.15, 0.2) is 58.5 Å². The fraction of sp³-hybridized carbons (Fsp3) is 0.348. The van der Waals surface area contributed by atoms with Crippen LogP contribution in [-0.2, 0) is 0 Å². The van der Waals surface area contributed by atoms with Crippen LogP contribution in [0.1, 0.15) is 41.2 Å². The van der Waals surface area contributed by atoms with Crippen LogP contribution in [0.2, 0.25) is 0 Å². The number of nitrogens with one attached hydrogen (secondary N) is 1. The van der Waals surface area contributed by atoms with Gasteiger partial charge in [0, 0.05) is 37.0 Å². The standard InChI is InChI=1S/C23H23Cl2N5OS/c1-15-26-20(21(32-15)16-7-3-2-4-8-16)23(31)30-10-6-5-9-18(30)11-17-12-28-14-29(25)13-19(24)22(28)27-17/h2-4,7-8,12-13,18H,5-6,9-11,14H2,1H3/p+1/t18-/m0/s1. The second-order valence-electron chi connectivity index (χ2n) is 8.29. The average molecular weight is 489 g/mol. The van der Waals surface area contributed by atoms with Crippen LogP contribution in [0.25, 0.3) is 10.4 Å². The lowest BCUT2D eigenvalue weighted by atomic mass is 9.97. The van der Waals surface area contributed by atoms with Gasteiger partial charge in [-0.2, -0.15) is 4.99 Å². The summed E-state index contributed by atoms with van der Waals surface area (Å²) >= 11 is 14.0. The minimum absolute atomic E-state index is 0.0130. The summed E-state index contributed by atoms with van der Waals surface area (Å²) in [6.07, 6.45) is 7.53. The number of carbonyl (C=O) groups is 1. The van der Waals surface area contributed by atoms with Gasteiger partial charge in [-0.1, -0.05) is 41.9 Å². The van der Waals surface area contributed by atoms with E-state index in [-0.39, 0.29) is 11.9 Å². The van der Waals surface area contributed by atoms with E-state index in [4.69, 9.17) is 28.4 Å². The van der Waals surface area contributed by atoms with Crippen molar-refractivity contribution in [3.8, 4) is 10.4 Å². The number of amidine groups is 1. The molecule has 4 heterocycles. The summed E-state index contributed by atoms with van der Waals surface area (Å²) in [6.45, 7) is 3.27. The second kappa shape index (κ2) is 8.98. The van der Waals surface area contributed by atoms with Gasteiger partial charge in [-0.3, -0.25) is 4.79 Å². The summed E-state index contributed by atoms with van der Waals surface area (Å²) in [6, 6.07) is 10.1. The Kier molecular flexibility index (Phi) is 6.07. The first-order chi connectivity index (χ1) is 15.5. The molecule has 6 nitrogen and oxygen atoms in total. The van der Waals surface area contributed by atoms with Crippen molar-refractivity contribution in [3.63, 3.8) is 0 Å². The van der Waals surface area contributed by atoms with Crippen molar-refractivity contribution in [2.24, 2.45) is 4.99 Å². The number of aromatic nitrogens is 1. The lowest BCUT2D eigenvalue weighted by molar-refractivity contribution is -0.755. The van der Waals surface area contributed by atoms with Gasteiger partial charge in [0.1, 0.15) is 22.6 Å². The Hall–Kier alpha value is -2.19. The number of aryl methyl sites for hydroxylation is 1. The predicted octanol–water partition coefficient (Wildman–Crippen LogP) is 4.15. The molecule has 1 aromatic carbocycles. The van der Waals surface area contributed by atoms with Gasteiger partial charge in [0.2, 0.25) is 0 Å². The molecule has 32 heavy (non-hydrogen) atoms. The predicted molar refractivity (Wildman–Crippen MR) is 129 cm³/mol. The maximum Gasteiger partial charge on any atom is 0.274 e. The highest BCUT2D eigenvalue weighted by Crippen LogP contribution is 2.33. The molecular weight excluding hydrogens is 465 g/mol. The van der Waals surface area contributed by atoms with Gasteiger partial charge in [0.25, 0.3) is 11.7 Å². The maximum atomic E-state index is 13.7. The molecule has 3 aliphatic rings. The molecule has 0 spiro atoms. The molecule has 9 heteroatoms. The normalized spacial score (nSPS) is 22.9. The van der Waals surface area contributed by atoms with E-state index in [0.717, 1.165) is 57.7 Å². The molecule has 0 bridgehead atoms. The van der Waals surface area contributed by atoms with Crippen molar-refractivity contribution in [1.29, 1.82) is 0 Å². The Bertz CT molecular complexity index is 1130. The number of rotatable bonds is 4. The van der Waals surface area contributed by atoms with Crippen LogP contribution >= 0.6 is 34.7 Å². The molecule has 1 unspecified atom stereocenters. The Morgan fingerprint density at radius 2 is 2.09 bits per heavy atom. The lowest BCUT2D eigenvalue weighted by Crippen LogP contribution is -3.11. The van der Waals surface area contributed by atoms with Crippen LogP contribution in [-0.4, -0.2) is 45.3 Å². The zero-order valence-electron chi connectivity index (χ0n) is 17.7. The number of aliphatic imine (C=N–C) groups is 1. The number of quaternary nitrogens is 1.